The lowest BCUT2D eigenvalue weighted by atomic mass is 10.1. The molecule has 1 aliphatic carbocycles. The Kier molecular flexibility index (Phi) is 4.84. The third kappa shape index (κ3) is 4.00. The molecule has 1 aromatic rings. The fourth-order valence-corrected chi connectivity index (χ4v) is 3.05. The first-order valence-electron chi connectivity index (χ1n) is 7.61. The number of hydrogen-bond donors (Lipinski definition) is 0. The van der Waals surface area contributed by atoms with E-state index in [0.717, 1.165) is 5.75 Å². The molecular weight excluding hydrogens is 288 g/mol. The van der Waals surface area contributed by atoms with Crippen LogP contribution in [-0.2, 0) is 9.47 Å². The molecule has 0 unspecified atom stereocenters. The second-order valence-electron chi connectivity index (χ2n) is 5.66. The van der Waals surface area contributed by atoms with Gasteiger partial charge in [0.15, 0.2) is 0 Å². The molecule has 0 atom stereocenters. The highest BCUT2D eigenvalue weighted by atomic mass is 35.5. The summed E-state index contributed by atoms with van der Waals surface area (Å²) in [7, 11) is 0. The highest BCUT2D eigenvalue weighted by Crippen LogP contribution is 2.29. The molecule has 1 aliphatic heterocycles. The summed E-state index contributed by atoms with van der Waals surface area (Å²) in [5, 5.41) is 0.663. The number of rotatable bonds is 5. The van der Waals surface area contributed by atoms with Crippen molar-refractivity contribution in [3.63, 3.8) is 0 Å². The minimum atomic E-state index is -0.745. The summed E-state index contributed by atoms with van der Waals surface area (Å²) < 4.78 is 17.4. The Morgan fingerprint density at radius 1 is 1.24 bits per heavy atom. The fourth-order valence-electron chi connectivity index (χ4n) is 2.87. The number of hydrogen-bond acceptors (Lipinski definition) is 3. The zero-order valence-electron chi connectivity index (χ0n) is 12.1. The second-order valence-corrected chi connectivity index (χ2v) is 6.09. The maximum atomic E-state index is 5.97. The molecule has 2 aliphatic rings. The van der Waals surface area contributed by atoms with Gasteiger partial charge in [0.05, 0.1) is 13.2 Å². The molecule has 1 aromatic carbocycles. The van der Waals surface area contributed by atoms with Crippen molar-refractivity contribution in [2.75, 3.05) is 19.8 Å². The molecule has 1 heterocycles. The van der Waals surface area contributed by atoms with Crippen molar-refractivity contribution >= 4 is 11.6 Å². The largest absolute Gasteiger partial charge is 0.488 e. The number of halogens is 1. The number of ether oxygens (including phenoxy) is 3. The van der Waals surface area contributed by atoms with E-state index < -0.39 is 5.79 Å². The standard InChI is InChI=1S/C17H21ClO3/c18-15-6-3-7-16(12-15)19-13-17(20-10-11-21-17)9-8-14-4-1-2-5-14/h3,6-9,12,14H,1-2,4-5,10-11,13H2/b9-8+. The Hall–Kier alpha value is -1.03. The van der Waals surface area contributed by atoms with Gasteiger partial charge in [-0.05, 0) is 43.0 Å². The van der Waals surface area contributed by atoms with E-state index in [9.17, 15) is 0 Å². The highest BCUT2D eigenvalue weighted by Gasteiger charge is 2.35. The smallest absolute Gasteiger partial charge is 0.223 e. The number of benzene rings is 1. The van der Waals surface area contributed by atoms with E-state index in [1.54, 1.807) is 6.07 Å². The number of allylic oxidation sites excluding steroid dienone is 1. The normalized spacial score (nSPS) is 22.1. The molecule has 21 heavy (non-hydrogen) atoms. The van der Waals surface area contributed by atoms with Gasteiger partial charge < -0.3 is 14.2 Å². The summed E-state index contributed by atoms with van der Waals surface area (Å²) in [5.74, 6) is 0.640. The van der Waals surface area contributed by atoms with Gasteiger partial charge in [0.1, 0.15) is 12.4 Å². The molecule has 4 heteroatoms. The maximum absolute atomic E-state index is 5.97. The first-order valence-corrected chi connectivity index (χ1v) is 7.99. The van der Waals surface area contributed by atoms with E-state index in [2.05, 4.69) is 6.08 Å². The molecule has 0 N–H and O–H groups in total. The molecule has 0 spiro atoms. The summed E-state index contributed by atoms with van der Waals surface area (Å²) in [6.45, 7) is 1.55. The summed E-state index contributed by atoms with van der Waals surface area (Å²) in [5.41, 5.74) is 0. The van der Waals surface area contributed by atoms with Crippen molar-refractivity contribution in [3.05, 3.63) is 41.4 Å². The second kappa shape index (κ2) is 6.82. The van der Waals surface area contributed by atoms with Gasteiger partial charge in [-0.25, -0.2) is 0 Å². The van der Waals surface area contributed by atoms with Crippen LogP contribution in [0.25, 0.3) is 0 Å². The van der Waals surface area contributed by atoms with E-state index >= 15 is 0 Å². The molecule has 0 bridgehead atoms. The van der Waals surface area contributed by atoms with Gasteiger partial charge in [-0.15, -0.1) is 0 Å². The molecule has 114 valence electrons. The minimum Gasteiger partial charge on any atom is -0.488 e. The van der Waals surface area contributed by atoms with E-state index in [4.69, 9.17) is 25.8 Å². The van der Waals surface area contributed by atoms with Crippen LogP contribution in [0.4, 0.5) is 0 Å². The Labute approximate surface area is 130 Å². The van der Waals surface area contributed by atoms with E-state index in [0.29, 0.717) is 30.8 Å². The van der Waals surface area contributed by atoms with Crippen molar-refractivity contribution < 1.29 is 14.2 Å². The van der Waals surface area contributed by atoms with Gasteiger partial charge in [-0.1, -0.05) is 36.6 Å². The van der Waals surface area contributed by atoms with E-state index in [1.165, 1.54) is 25.7 Å². The topological polar surface area (TPSA) is 27.7 Å². The maximum Gasteiger partial charge on any atom is 0.223 e. The Balaban J connectivity index is 1.63. The molecule has 2 fully saturated rings. The van der Waals surface area contributed by atoms with Crippen LogP contribution in [0.1, 0.15) is 25.7 Å². The first-order chi connectivity index (χ1) is 10.3. The van der Waals surface area contributed by atoms with Crippen LogP contribution in [0, 0.1) is 5.92 Å². The zero-order chi connectivity index (χ0) is 14.5. The molecule has 1 saturated heterocycles. The van der Waals surface area contributed by atoms with Crippen LogP contribution < -0.4 is 4.74 Å². The van der Waals surface area contributed by atoms with E-state index in [1.807, 2.05) is 24.3 Å². The van der Waals surface area contributed by atoms with Gasteiger partial charge in [0, 0.05) is 5.02 Å². The molecule has 1 saturated carbocycles. The average molecular weight is 309 g/mol. The summed E-state index contributed by atoms with van der Waals surface area (Å²) in [6, 6.07) is 7.38. The Morgan fingerprint density at radius 2 is 2.00 bits per heavy atom. The monoisotopic (exact) mass is 308 g/mol. The van der Waals surface area contributed by atoms with Crippen LogP contribution in [0.3, 0.4) is 0 Å². The molecule has 0 aromatic heterocycles. The van der Waals surface area contributed by atoms with Gasteiger partial charge >= 0.3 is 0 Å². The van der Waals surface area contributed by atoms with Gasteiger partial charge in [0.25, 0.3) is 0 Å². The van der Waals surface area contributed by atoms with Crippen LogP contribution in [-0.4, -0.2) is 25.6 Å². The molecule has 0 amide bonds. The fraction of sp³-hybridized carbons (Fsp3) is 0.529. The predicted molar refractivity (Wildman–Crippen MR) is 82.7 cm³/mol. The lowest BCUT2D eigenvalue weighted by Crippen LogP contribution is -2.35. The Bertz CT molecular complexity index is 489. The Morgan fingerprint density at radius 3 is 2.71 bits per heavy atom. The molecule has 3 nitrogen and oxygen atoms in total. The van der Waals surface area contributed by atoms with Gasteiger partial charge in [-0.2, -0.15) is 0 Å². The highest BCUT2D eigenvalue weighted by molar-refractivity contribution is 6.30. The van der Waals surface area contributed by atoms with Crippen molar-refractivity contribution in [3.8, 4) is 5.75 Å². The lowest BCUT2D eigenvalue weighted by molar-refractivity contribution is -0.138. The van der Waals surface area contributed by atoms with Crippen molar-refractivity contribution in [1.82, 2.24) is 0 Å². The third-order valence-corrected chi connectivity index (χ3v) is 4.27. The van der Waals surface area contributed by atoms with E-state index in [-0.39, 0.29) is 0 Å². The minimum absolute atomic E-state index is 0.344. The molecule has 0 radical (unpaired) electrons. The van der Waals surface area contributed by atoms with Crippen LogP contribution in [0.2, 0.25) is 5.02 Å². The SMILES string of the molecule is Clc1cccc(OCC2(/C=C/C3CCCC3)OCCO2)c1. The van der Waals surface area contributed by atoms with Crippen LogP contribution in [0.15, 0.2) is 36.4 Å². The van der Waals surface area contributed by atoms with Crippen molar-refractivity contribution in [2.24, 2.45) is 5.92 Å². The summed E-state index contributed by atoms with van der Waals surface area (Å²) in [4.78, 5) is 0. The molecule has 3 rings (SSSR count). The predicted octanol–water partition coefficient (Wildman–Crippen LogP) is 4.21. The lowest BCUT2D eigenvalue weighted by Gasteiger charge is -2.24. The summed E-state index contributed by atoms with van der Waals surface area (Å²) in [6.07, 6.45) is 9.45. The first kappa shape index (κ1) is 14.9. The third-order valence-electron chi connectivity index (χ3n) is 4.03. The summed E-state index contributed by atoms with van der Waals surface area (Å²) >= 11 is 5.97. The zero-order valence-corrected chi connectivity index (χ0v) is 12.8. The quantitative estimate of drug-likeness (QED) is 0.763. The van der Waals surface area contributed by atoms with Crippen molar-refractivity contribution in [1.29, 1.82) is 0 Å². The van der Waals surface area contributed by atoms with Crippen LogP contribution in [0.5, 0.6) is 5.75 Å². The molecular formula is C17H21ClO3. The van der Waals surface area contributed by atoms with Gasteiger partial charge in [0.2, 0.25) is 5.79 Å². The average Bonchev–Trinajstić information content (AvgIpc) is 3.16. The van der Waals surface area contributed by atoms with Crippen LogP contribution >= 0.6 is 11.6 Å². The van der Waals surface area contributed by atoms with Crippen molar-refractivity contribution in [2.45, 2.75) is 31.5 Å². The van der Waals surface area contributed by atoms with Gasteiger partial charge in [-0.3, -0.25) is 0 Å².